The molecule has 3 aliphatic heterocycles. The molecule has 206 valence electrons. The molecular formula is C30H33NO8. The van der Waals surface area contributed by atoms with E-state index in [0.717, 1.165) is 60.4 Å². The van der Waals surface area contributed by atoms with Crippen LogP contribution in [0.1, 0.15) is 47.4 Å². The van der Waals surface area contributed by atoms with Crippen molar-refractivity contribution < 1.29 is 38.4 Å². The van der Waals surface area contributed by atoms with Crippen molar-refractivity contribution in [3.8, 4) is 11.5 Å². The Labute approximate surface area is 227 Å². The van der Waals surface area contributed by atoms with E-state index in [1.165, 1.54) is 0 Å². The molecule has 4 aliphatic rings. The van der Waals surface area contributed by atoms with Crippen LogP contribution in [0.15, 0.2) is 48.2 Å². The molecule has 1 fully saturated rings. The summed E-state index contributed by atoms with van der Waals surface area (Å²) in [5.41, 5.74) is 3.68. The highest BCUT2D eigenvalue weighted by Crippen LogP contribution is 2.55. The number of carbonyl (C=O) groups excluding carboxylic acids is 2. The van der Waals surface area contributed by atoms with E-state index in [4.69, 9.17) is 23.7 Å². The van der Waals surface area contributed by atoms with Gasteiger partial charge >= 0.3 is 11.9 Å². The van der Waals surface area contributed by atoms with Crippen LogP contribution in [0, 0.1) is 6.92 Å². The monoisotopic (exact) mass is 535 g/mol. The first kappa shape index (κ1) is 25.7. The fourth-order valence-electron chi connectivity index (χ4n) is 6.45. The molecule has 3 heterocycles. The zero-order valence-corrected chi connectivity index (χ0v) is 22.2. The zero-order chi connectivity index (χ0) is 27.1. The molecule has 0 radical (unpaired) electrons. The van der Waals surface area contributed by atoms with Crippen LogP contribution in [0.5, 0.6) is 11.5 Å². The second kappa shape index (κ2) is 10.2. The van der Waals surface area contributed by atoms with Gasteiger partial charge in [-0.05, 0) is 67.6 Å². The van der Waals surface area contributed by atoms with Crippen LogP contribution in [-0.2, 0) is 36.8 Å². The molecule has 0 saturated carbocycles. The van der Waals surface area contributed by atoms with Crippen molar-refractivity contribution in [1.29, 1.82) is 0 Å². The van der Waals surface area contributed by atoms with E-state index in [-0.39, 0.29) is 24.9 Å². The van der Waals surface area contributed by atoms with Gasteiger partial charge in [0.05, 0.1) is 25.0 Å². The van der Waals surface area contributed by atoms with Crippen LogP contribution in [0.3, 0.4) is 0 Å². The maximum atomic E-state index is 13.1. The third-order valence-electron chi connectivity index (χ3n) is 8.36. The third-order valence-corrected chi connectivity index (χ3v) is 8.36. The molecule has 2 unspecified atom stereocenters. The van der Waals surface area contributed by atoms with Gasteiger partial charge in [0.25, 0.3) is 0 Å². The molecule has 1 aliphatic carbocycles. The normalized spacial score (nSPS) is 25.6. The molecule has 0 aromatic heterocycles. The SMILES string of the molecule is COC1=CC23CCCN2CCc2cc4c(cc2[C@@H]3C1OC(=O)[C@H](O)CC(=O)OCc1ccc(C)cc1)OCO4. The Bertz CT molecular complexity index is 1300. The lowest BCUT2D eigenvalue weighted by molar-refractivity contribution is -0.165. The fourth-order valence-corrected chi connectivity index (χ4v) is 6.45. The lowest BCUT2D eigenvalue weighted by Gasteiger charge is -2.39. The van der Waals surface area contributed by atoms with Gasteiger partial charge in [-0.25, -0.2) is 4.79 Å². The van der Waals surface area contributed by atoms with Crippen molar-refractivity contribution in [3.05, 3.63) is 70.5 Å². The summed E-state index contributed by atoms with van der Waals surface area (Å²) in [6.07, 6.45) is 1.90. The number of aliphatic hydroxyl groups is 1. The smallest absolute Gasteiger partial charge is 0.336 e. The van der Waals surface area contributed by atoms with Gasteiger partial charge in [0, 0.05) is 6.54 Å². The highest BCUT2D eigenvalue weighted by Gasteiger charge is 2.58. The van der Waals surface area contributed by atoms with Gasteiger partial charge < -0.3 is 28.8 Å². The largest absolute Gasteiger partial charge is 0.497 e. The molecule has 9 heteroatoms. The first-order chi connectivity index (χ1) is 18.9. The molecular weight excluding hydrogens is 502 g/mol. The highest BCUT2D eigenvalue weighted by molar-refractivity contribution is 5.82. The summed E-state index contributed by atoms with van der Waals surface area (Å²) >= 11 is 0. The standard InChI is InChI=1S/C30H33NO8/c1-18-4-6-19(7-5-18)16-36-26(33)14-22(32)29(34)39-28-25(35-2)15-30-9-3-10-31(30)11-8-20-12-23-24(38-17-37-23)13-21(20)27(28)30/h4-7,12-13,15,22,27-28,32H,3,8-11,14,16-17H2,1-2H3/t22-,27-,28?,30?/m1/s1. The topological polar surface area (TPSA) is 104 Å². The van der Waals surface area contributed by atoms with E-state index < -0.39 is 30.6 Å². The second-order valence-electron chi connectivity index (χ2n) is 10.7. The number of methoxy groups -OCH3 is 1. The number of benzene rings is 2. The summed E-state index contributed by atoms with van der Waals surface area (Å²) in [6.45, 7) is 3.99. The Hall–Kier alpha value is -3.56. The minimum atomic E-state index is -1.66. The summed E-state index contributed by atoms with van der Waals surface area (Å²) < 4.78 is 28.3. The summed E-state index contributed by atoms with van der Waals surface area (Å²) in [4.78, 5) is 28.0. The lowest BCUT2D eigenvalue weighted by atomic mass is 9.77. The molecule has 0 bridgehead atoms. The summed E-state index contributed by atoms with van der Waals surface area (Å²) in [5.74, 6) is 0.105. The number of carbonyl (C=O) groups is 2. The summed E-state index contributed by atoms with van der Waals surface area (Å²) in [7, 11) is 1.56. The number of fused-ring (bicyclic) bond motifs is 3. The molecule has 2 aromatic carbocycles. The van der Waals surface area contributed by atoms with Crippen molar-refractivity contribution in [2.24, 2.45) is 0 Å². The van der Waals surface area contributed by atoms with E-state index in [1.807, 2.05) is 43.3 Å². The zero-order valence-electron chi connectivity index (χ0n) is 22.2. The van der Waals surface area contributed by atoms with Crippen molar-refractivity contribution in [2.45, 2.75) is 62.9 Å². The van der Waals surface area contributed by atoms with Gasteiger partial charge in [0.15, 0.2) is 23.7 Å². The van der Waals surface area contributed by atoms with Crippen molar-refractivity contribution >= 4 is 11.9 Å². The van der Waals surface area contributed by atoms with E-state index in [2.05, 4.69) is 11.0 Å². The Kier molecular flexibility index (Phi) is 6.72. The minimum Gasteiger partial charge on any atom is -0.497 e. The van der Waals surface area contributed by atoms with Crippen LogP contribution in [-0.4, -0.2) is 66.7 Å². The first-order valence-electron chi connectivity index (χ1n) is 13.4. The minimum absolute atomic E-state index is 0.0629. The molecule has 4 atom stereocenters. The van der Waals surface area contributed by atoms with Gasteiger partial charge in [0.2, 0.25) is 6.79 Å². The average molecular weight is 536 g/mol. The van der Waals surface area contributed by atoms with Gasteiger partial charge in [-0.3, -0.25) is 9.69 Å². The molecule has 1 spiro atoms. The third kappa shape index (κ3) is 4.63. The predicted octanol–water partition coefficient (Wildman–Crippen LogP) is 3.15. The van der Waals surface area contributed by atoms with Gasteiger partial charge in [0.1, 0.15) is 12.4 Å². The Balaban J connectivity index is 1.21. The Morgan fingerprint density at radius 2 is 1.92 bits per heavy atom. The molecule has 6 rings (SSSR count). The number of esters is 2. The quantitative estimate of drug-likeness (QED) is 0.536. The number of hydrogen-bond donors (Lipinski definition) is 1. The molecule has 39 heavy (non-hydrogen) atoms. The maximum Gasteiger partial charge on any atom is 0.336 e. The van der Waals surface area contributed by atoms with Crippen LogP contribution in [0.4, 0.5) is 0 Å². The fraction of sp³-hybridized carbons (Fsp3) is 0.467. The van der Waals surface area contributed by atoms with Crippen molar-refractivity contribution in [2.75, 3.05) is 27.0 Å². The van der Waals surface area contributed by atoms with E-state index in [1.54, 1.807) is 7.11 Å². The predicted molar refractivity (Wildman–Crippen MR) is 139 cm³/mol. The van der Waals surface area contributed by atoms with Crippen LogP contribution >= 0.6 is 0 Å². The number of nitrogens with zero attached hydrogens (tertiary/aromatic N) is 1. The number of hydrogen-bond acceptors (Lipinski definition) is 9. The van der Waals surface area contributed by atoms with Crippen LogP contribution < -0.4 is 9.47 Å². The van der Waals surface area contributed by atoms with Crippen molar-refractivity contribution in [1.82, 2.24) is 4.90 Å². The van der Waals surface area contributed by atoms with Gasteiger partial charge in [-0.15, -0.1) is 0 Å². The summed E-state index contributed by atoms with van der Waals surface area (Å²) in [6, 6.07) is 11.6. The van der Waals surface area contributed by atoms with E-state index in [9.17, 15) is 14.7 Å². The average Bonchev–Trinajstić information content (AvgIpc) is 3.62. The Morgan fingerprint density at radius 3 is 2.69 bits per heavy atom. The van der Waals surface area contributed by atoms with Crippen LogP contribution in [0.25, 0.3) is 0 Å². The van der Waals surface area contributed by atoms with Gasteiger partial charge in [-0.1, -0.05) is 29.8 Å². The van der Waals surface area contributed by atoms with Gasteiger partial charge in [-0.2, -0.15) is 0 Å². The molecule has 2 aromatic rings. The van der Waals surface area contributed by atoms with E-state index in [0.29, 0.717) is 11.5 Å². The first-order valence-corrected chi connectivity index (χ1v) is 13.4. The maximum absolute atomic E-state index is 13.1. The van der Waals surface area contributed by atoms with E-state index >= 15 is 0 Å². The second-order valence-corrected chi connectivity index (χ2v) is 10.7. The Morgan fingerprint density at radius 1 is 1.15 bits per heavy atom. The van der Waals surface area contributed by atoms with Crippen molar-refractivity contribution in [3.63, 3.8) is 0 Å². The van der Waals surface area contributed by atoms with Crippen LogP contribution in [0.2, 0.25) is 0 Å². The molecule has 0 amide bonds. The summed E-state index contributed by atoms with van der Waals surface area (Å²) in [5, 5.41) is 10.6. The number of ether oxygens (including phenoxy) is 5. The number of aryl methyl sites for hydroxylation is 1. The highest BCUT2D eigenvalue weighted by atomic mass is 16.7. The lowest BCUT2D eigenvalue weighted by Crippen LogP contribution is -2.47. The number of rotatable bonds is 7. The molecule has 1 N–H and O–H groups in total. The molecule has 9 nitrogen and oxygen atoms in total. The molecule has 1 saturated heterocycles. The number of aliphatic hydroxyl groups excluding tert-OH is 1.